The molecule has 3 N–H and O–H groups in total. The van der Waals surface area contributed by atoms with Crippen molar-refractivity contribution >= 4 is 43.7 Å². The lowest BCUT2D eigenvalue weighted by molar-refractivity contribution is 0.103. The second kappa shape index (κ2) is 9.96. The molecular weight excluding hydrogens is 546 g/mol. The van der Waals surface area contributed by atoms with Crippen LogP contribution >= 0.6 is 0 Å². The Hall–Kier alpha value is -3.14. The molecule has 0 atom stereocenters. The monoisotopic (exact) mass is 587 g/mol. The molecule has 42 heavy (non-hydrogen) atoms. The van der Waals surface area contributed by atoms with Crippen LogP contribution in [0.15, 0.2) is 36.4 Å². The van der Waals surface area contributed by atoms with Crippen LogP contribution < -0.4 is 10.6 Å². The van der Waals surface area contributed by atoms with Crippen LogP contribution in [0.4, 0.5) is 11.4 Å². The van der Waals surface area contributed by atoms with Gasteiger partial charge in [0.15, 0.2) is 5.78 Å². The van der Waals surface area contributed by atoms with Crippen molar-refractivity contribution in [3.8, 4) is 0 Å². The molecule has 0 amide bonds. The number of benzene rings is 2. The zero-order chi connectivity index (χ0) is 29.4. The summed E-state index contributed by atoms with van der Waals surface area (Å²) in [5.74, 6) is 0.0325. The summed E-state index contributed by atoms with van der Waals surface area (Å²) in [6, 6.07) is 10.7. The van der Waals surface area contributed by atoms with E-state index in [2.05, 4.69) is 40.8 Å². The normalized spacial score (nSPS) is 21.9. The van der Waals surface area contributed by atoms with E-state index in [1.807, 2.05) is 24.3 Å². The van der Waals surface area contributed by atoms with Gasteiger partial charge in [0.2, 0.25) is 10.0 Å². The molecule has 9 heteroatoms. The number of carbonyl (C=O) groups excluding carboxylic acids is 1. The molecule has 1 aromatic heterocycles. The Balaban J connectivity index is 1.33. The van der Waals surface area contributed by atoms with E-state index in [1.54, 1.807) is 0 Å². The van der Waals surface area contributed by atoms with Gasteiger partial charge in [-0.05, 0) is 80.6 Å². The minimum Gasteiger partial charge on any atom is -0.399 e. The fourth-order valence-electron chi connectivity index (χ4n) is 7.78. The highest BCUT2D eigenvalue weighted by molar-refractivity contribution is 7.88. The van der Waals surface area contributed by atoms with Crippen LogP contribution in [0.1, 0.15) is 78.7 Å². The molecule has 0 unspecified atom stereocenters. The molecule has 3 aromatic rings. The number of sulfonamides is 1. The van der Waals surface area contributed by atoms with E-state index in [0.29, 0.717) is 31.2 Å². The van der Waals surface area contributed by atoms with Crippen molar-refractivity contribution in [1.29, 1.82) is 0 Å². The molecule has 2 aromatic carbocycles. The average Bonchev–Trinajstić information content (AvgIpc) is 3.64. The number of nitrogens with one attached hydrogen (secondary N) is 1. The predicted molar refractivity (Wildman–Crippen MR) is 170 cm³/mol. The Morgan fingerprint density at radius 1 is 0.976 bits per heavy atom. The Morgan fingerprint density at radius 2 is 1.71 bits per heavy atom. The highest BCUT2D eigenvalue weighted by Gasteiger charge is 2.41. The van der Waals surface area contributed by atoms with Gasteiger partial charge in [-0.25, -0.2) is 8.42 Å². The zero-order valence-electron chi connectivity index (χ0n) is 24.9. The minimum atomic E-state index is -3.26. The Bertz CT molecular complexity index is 1720. The number of fused-ring (bicyclic) bond motifs is 4. The standard InChI is InChI=1S/C33H41N5O3S/c1-33(2)27-20-29(37-14-10-23(11-15-37)36-12-4-5-13-36)25(21-8-16-38(17-9-21)42(3,40)41)19-26(27)31(39)30-24-7-6-22(34)18-28(24)35-32(30)33/h6-8,18-20,23,35H,4-5,9-17,34H2,1-3H3. The molecule has 8 nitrogen and oxygen atoms in total. The molecule has 2 fully saturated rings. The van der Waals surface area contributed by atoms with Crippen LogP contribution in [0.5, 0.6) is 0 Å². The van der Waals surface area contributed by atoms with Crippen molar-refractivity contribution in [3.05, 3.63) is 64.4 Å². The minimum absolute atomic E-state index is 0.0325. The van der Waals surface area contributed by atoms with E-state index in [0.717, 1.165) is 76.0 Å². The number of nitrogen functional groups attached to an aromatic ring is 1. The number of nitrogens with zero attached hydrogens (tertiary/aromatic N) is 3. The van der Waals surface area contributed by atoms with Gasteiger partial charge >= 0.3 is 0 Å². The molecule has 222 valence electrons. The molecule has 4 aliphatic rings. The maximum absolute atomic E-state index is 14.3. The van der Waals surface area contributed by atoms with Gasteiger partial charge in [-0.1, -0.05) is 26.0 Å². The largest absolute Gasteiger partial charge is 0.399 e. The van der Waals surface area contributed by atoms with E-state index >= 15 is 0 Å². The summed E-state index contributed by atoms with van der Waals surface area (Å²) in [4.78, 5) is 23.0. The topological polar surface area (TPSA) is 103 Å². The third-order valence-electron chi connectivity index (χ3n) is 10.2. The highest BCUT2D eigenvalue weighted by atomic mass is 32.2. The van der Waals surface area contributed by atoms with E-state index in [4.69, 9.17) is 5.73 Å². The number of aromatic amines is 1. The fraction of sp³-hybridized carbons (Fsp3) is 0.485. The first kappa shape index (κ1) is 27.7. The van der Waals surface area contributed by atoms with Crippen molar-refractivity contribution in [2.75, 3.05) is 56.2 Å². The number of nitrogens with two attached hydrogens (primary N) is 1. The Morgan fingerprint density at radius 3 is 2.38 bits per heavy atom. The van der Waals surface area contributed by atoms with Crippen molar-refractivity contribution in [1.82, 2.24) is 14.2 Å². The van der Waals surface area contributed by atoms with Crippen LogP contribution in [0.3, 0.4) is 0 Å². The van der Waals surface area contributed by atoms with Crippen LogP contribution in [0.2, 0.25) is 0 Å². The summed E-state index contributed by atoms with van der Waals surface area (Å²) < 4.78 is 26.0. The lowest BCUT2D eigenvalue weighted by atomic mass is 9.70. The first-order chi connectivity index (χ1) is 20.0. The van der Waals surface area contributed by atoms with Gasteiger partial charge in [0.05, 0.1) is 11.8 Å². The smallest absolute Gasteiger partial charge is 0.211 e. The predicted octanol–water partition coefficient (Wildman–Crippen LogP) is 4.73. The molecule has 0 spiro atoms. The average molecular weight is 588 g/mol. The number of rotatable bonds is 4. The number of likely N-dealkylation sites (tertiary alicyclic amines) is 1. The molecule has 0 saturated carbocycles. The lowest BCUT2D eigenvalue weighted by Gasteiger charge is -2.40. The third-order valence-corrected chi connectivity index (χ3v) is 11.4. The molecule has 3 aliphatic heterocycles. The van der Waals surface area contributed by atoms with Gasteiger partial charge in [-0.2, -0.15) is 4.31 Å². The summed E-state index contributed by atoms with van der Waals surface area (Å²) in [6.45, 7) is 9.58. The third kappa shape index (κ3) is 4.48. The molecule has 7 rings (SSSR count). The molecule has 2 saturated heterocycles. The van der Waals surface area contributed by atoms with E-state index in [1.165, 1.54) is 36.5 Å². The first-order valence-corrected chi connectivity index (χ1v) is 17.2. The van der Waals surface area contributed by atoms with Crippen LogP contribution in [0, 0.1) is 0 Å². The number of piperidine rings is 1. The first-order valence-electron chi connectivity index (χ1n) is 15.3. The van der Waals surface area contributed by atoms with Gasteiger partial charge < -0.3 is 20.5 Å². The summed E-state index contributed by atoms with van der Waals surface area (Å²) in [5, 5.41) is 0.901. The van der Waals surface area contributed by atoms with Gasteiger partial charge in [0.25, 0.3) is 0 Å². The number of hydrogen-bond donors (Lipinski definition) is 2. The molecule has 0 radical (unpaired) electrons. The Labute approximate surface area is 248 Å². The van der Waals surface area contributed by atoms with Crippen molar-refractivity contribution in [2.24, 2.45) is 0 Å². The lowest BCUT2D eigenvalue weighted by Crippen LogP contribution is -2.44. The number of hydrogen-bond acceptors (Lipinski definition) is 6. The number of aromatic nitrogens is 1. The fourth-order valence-corrected chi connectivity index (χ4v) is 8.54. The number of carbonyl (C=O) groups is 1. The van der Waals surface area contributed by atoms with E-state index < -0.39 is 15.4 Å². The summed E-state index contributed by atoms with van der Waals surface area (Å²) in [5.41, 5.74) is 14.0. The van der Waals surface area contributed by atoms with Gasteiger partial charge in [0, 0.05) is 76.7 Å². The summed E-state index contributed by atoms with van der Waals surface area (Å²) in [7, 11) is -3.26. The SMILES string of the molecule is CC1(C)c2cc(N3CCC(N4CCCC4)CC3)c(C3=CCN(S(C)(=O)=O)CC3)cc2C(=O)c2c1[nH]c1cc(N)ccc21. The number of H-pyrrole nitrogens is 1. The van der Waals surface area contributed by atoms with E-state index in [9.17, 15) is 13.2 Å². The maximum atomic E-state index is 14.3. The second-order valence-corrected chi connectivity index (χ2v) is 15.1. The maximum Gasteiger partial charge on any atom is 0.211 e. The molecular formula is C33H41N5O3S. The van der Waals surface area contributed by atoms with Crippen LogP contribution in [0.25, 0.3) is 16.5 Å². The van der Waals surface area contributed by atoms with E-state index in [-0.39, 0.29) is 5.78 Å². The Kier molecular flexibility index (Phi) is 6.56. The van der Waals surface area contributed by atoms with Crippen molar-refractivity contribution < 1.29 is 13.2 Å². The van der Waals surface area contributed by atoms with Crippen LogP contribution in [-0.2, 0) is 15.4 Å². The second-order valence-electron chi connectivity index (χ2n) is 13.1. The van der Waals surface area contributed by atoms with Gasteiger partial charge in [-0.3, -0.25) is 4.79 Å². The van der Waals surface area contributed by atoms with Crippen LogP contribution in [-0.4, -0.2) is 80.0 Å². The molecule has 4 heterocycles. The highest BCUT2D eigenvalue weighted by Crippen LogP contribution is 2.47. The van der Waals surface area contributed by atoms with Gasteiger partial charge in [-0.15, -0.1) is 0 Å². The van der Waals surface area contributed by atoms with Crippen molar-refractivity contribution in [3.63, 3.8) is 0 Å². The zero-order valence-corrected chi connectivity index (χ0v) is 25.7. The van der Waals surface area contributed by atoms with Crippen molar-refractivity contribution in [2.45, 2.75) is 57.4 Å². The molecule has 1 aliphatic carbocycles. The quantitative estimate of drug-likeness (QED) is 0.428. The number of ketones is 1. The number of anilines is 2. The summed E-state index contributed by atoms with van der Waals surface area (Å²) in [6.07, 6.45) is 8.82. The summed E-state index contributed by atoms with van der Waals surface area (Å²) >= 11 is 0. The molecule has 0 bridgehead atoms. The van der Waals surface area contributed by atoms with Gasteiger partial charge in [0.1, 0.15) is 0 Å².